The lowest BCUT2D eigenvalue weighted by Crippen LogP contribution is -2.24. The Bertz CT molecular complexity index is 934. The van der Waals surface area contributed by atoms with Gasteiger partial charge in [0, 0.05) is 40.0 Å². The Morgan fingerprint density at radius 2 is 1.83 bits per heavy atom. The number of hydrogen-bond donors (Lipinski definition) is 0. The van der Waals surface area contributed by atoms with E-state index in [9.17, 15) is 4.79 Å². The Morgan fingerprint density at radius 3 is 2.38 bits per heavy atom. The van der Waals surface area contributed by atoms with Crippen LogP contribution < -0.4 is 15.3 Å². The smallest absolute Gasteiger partial charge is 0.328 e. The molecule has 0 bridgehead atoms. The van der Waals surface area contributed by atoms with Gasteiger partial charge in [-0.3, -0.25) is 9.13 Å². The number of ether oxygens (including phenoxy) is 1. The van der Waals surface area contributed by atoms with Crippen molar-refractivity contribution >= 4 is 16.7 Å². The summed E-state index contributed by atoms with van der Waals surface area (Å²) in [6.07, 6.45) is 3.66. The lowest BCUT2D eigenvalue weighted by Gasteiger charge is -2.25. The zero-order valence-electron chi connectivity index (χ0n) is 14.8. The fraction of sp³-hybridized carbons (Fsp3) is 0.412. The first-order valence-electron chi connectivity index (χ1n) is 7.91. The van der Waals surface area contributed by atoms with E-state index in [4.69, 9.17) is 4.74 Å². The number of benzene rings is 1. The predicted molar refractivity (Wildman–Crippen MR) is 94.6 cm³/mol. The van der Waals surface area contributed by atoms with Crippen LogP contribution in [0.4, 0.5) is 5.69 Å². The SMILES string of the molecule is CCN(Cc1cncn1C)c1cc2c(cc1OC)n(C)c(=O)n2C. The van der Waals surface area contributed by atoms with Crippen LogP contribution in [0.2, 0.25) is 0 Å². The molecule has 0 radical (unpaired) electrons. The molecule has 1 aromatic carbocycles. The van der Waals surface area contributed by atoms with Gasteiger partial charge in [-0.05, 0) is 13.0 Å². The molecule has 3 aromatic rings. The highest BCUT2D eigenvalue weighted by atomic mass is 16.5. The maximum atomic E-state index is 12.2. The van der Waals surface area contributed by atoms with E-state index in [1.807, 2.05) is 29.9 Å². The van der Waals surface area contributed by atoms with E-state index in [0.29, 0.717) is 0 Å². The monoisotopic (exact) mass is 329 g/mol. The number of anilines is 1. The zero-order chi connectivity index (χ0) is 17.4. The number of aromatic nitrogens is 4. The van der Waals surface area contributed by atoms with E-state index in [-0.39, 0.29) is 5.69 Å². The fourth-order valence-corrected chi connectivity index (χ4v) is 3.03. The first-order valence-corrected chi connectivity index (χ1v) is 7.91. The summed E-state index contributed by atoms with van der Waals surface area (Å²) in [7, 11) is 7.20. The Morgan fingerprint density at radius 1 is 1.17 bits per heavy atom. The van der Waals surface area contributed by atoms with Crippen molar-refractivity contribution in [2.75, 3.05) is 18.6 Å². The summed E-state index contributed by atoms with van der Waals surface area (Å²) in [6, 6.07) is 3.95. The van der Waals surface area contributed by atoms with Gasteiger partial charge in [0.1, 0.15) is 5.75 Å². The maximum Gasteiger partial charge on any atom is 0.328 e. The highest BCUT2D eigenvalue weighted by molar-refractivity contribution is 5.84. The van der Waals surface area contributed by atoms with Crippen LogP contribution in [0.1, 0.15) is 12.6 Å². The normalized spacial score (nSPS) is 11.2. The second-order valence-corrected chi connectivity index (χ2v) is 5.92. The molecule has 0 aliphatic carbocycles. The van der Waals surface area contributed by atoms with Crippen LogP contribution in [0.3, 0.4) is 0 Å². The molecule has 0 N–H and O–H groups in total. The topological polar surface area (TPSA) is 57.2 Å². The molecule has 128 valence electrons. The number of fused-ring (bicyclic) bond motifs is 1. The van der Waals surface area contributed by atoms with Crippen LogP contribution in [0.5, 0.6) is 5.75 Å². The molecule has 3 rings (SSSR count). The molecule has 7 heteroatoms. The molecule has 2 aromatic heterocycles. The molecule has 0 unspecified atom stereocenters. The fourth-order valence-electron chi connectivity index (χ4n) is 3.03. The standard InChI is InChI=1S/C17H23N5O2/c1-6-22(10-12-9-18-11-19(12)2)15-7-13-14(8-16(15)24-5)21(4)17(23)20(13)3/h7-9,11H,6,10H2,1-5H3. The van der Waals surface area contributed by atoms with Crippen LogP contribution >= 0.6 is 0 Å². The first-order chi connectivity index (χ1) is 11.5. The number of rotatable bonds is 5. The van der Waals surface area contributed by atoms with Gasteiger partial charge in [-0.2, -0.15) is 0 Å². The summed E-state index contributed by atoms with van der Waals surface area (Å²) in [5.41, 5.74) is 3.79. The second-order valence-electron chi connectivity index (χ2n) is 5.92. The molecule has 2 heterocycles. The molecule has 0 amide bonds. The quantitative estimate of drug-likeness (QED) is 0.714. The van der Waals surface area contributed by atoms with Gasteiger partial charge in [0.05, 0.1) is 42.4 Å². The van der Waals surface area contributed by atoms with Gasteiger partial charge in [0.2, 0.25) is 0 Å². The Hall–Kier alpha value is -2.70. The molecule has 0 fully saturated rings. The average Bonchev–Trinajstić information content (AvgIpc) is 3.09. The molecule has 24 heavy (non-hydrogen) atoms. The van der Waals surface area contributed by atoms with E-state index >= 15 is 0 Å². The molecule has 0 spiro atoms. The van der Waals surface area contributed by atoms with Gasteiger partial charge in [-0.25, -0.2) is 9.78 Å². The van der Waals surface area contributed by atoms with Gasteiger partial charge in [-0.1, -0.05) is 0 Å². The first kappa shape index (κ1) is 16.2. The average molecular weight is 329 g/mol. The number of imidazole rings is 2. The summed E-state index contributed by atoms with van der Waals surface area (Å²) in [5, 5.41) is 0. The highest BCUT2D eigenvalue weighted by Gasteiger charge is 2.17. The lowest BCUT2D eigenvalue weighted by molar-refractivity contribution is 0.414. The third-order valence-electron chi connectivity index (χ3n) is 4.56. The third kappa shape index (κ3) is 2.46. The number of hydrogen-bond acceptors (Lipinski definition) is 4. The van der Waals surface area contributed by atoms with Crippen LogP contribution in [0.25, 0.3) is 11.0 Å². The van der Waals surface area contributed by atoms with Crippen molar-refractivity contribution in [3.8, 4) is 5.75 Å². The minimum absolute atomic E-state index is 0.0427. The van der Waals surface area contributed by atoms with Crippen molar-refractivity contribution in [2.45, 2.75) is 13.5 Å². The summed E-state index contributed by atoms with van der Waals surface area (Å²) < 4.78 is 10.9. The van der Waals surface area contributed by atoms with E-state index < -0.39 is 0 Å². The molecule has 0 saturated carbocycles. The van der Waals surface area contributed by atoms with Gasteiger partial charge in [0.25, 0.3) is 0 Å². The minimum atomic E-state index is -0.0427. The van der Waals surface area contributed by atoms with Crippen LogP contribution in [0, 0.1) is 0 Å². The largest absolute Gasteiger partial charge is 0.495 e. The summed E-state index contributed by atoms with van der Waals surface area (Å²) >= 11 is 0. The molecule has 0 aliphatic heterocycles. The number of aryl methyl sites for hydroxylation is 3. The molecular weight excluding hydrogens is 306 g/mol. The van der Waals surface area contributed by atoms with E-state index in [0.717, 1.165) is 41.3 Å². The minimum Gasteiger partial charge on any atom is -0.495 e. The van der Waals surface area contributed by atoms with Crippen LogP contribution in [-0.2, 0) is 27.7 Å². The third-order valence-corrected chi connectivity index (χ3v) is 4.56. The second kappa shape index (κ2) is 6.07. The maximum absolute atomic E-state index is 12.2. The number of methoxy groups -OCH3 is 1. The number of nitrogens with zero attached hydrogens (tertiary/aromatic N) is 5. The van der Waals surface area contributed by atoms with Crippen LogP contribution in [-0.4, -0.2) is 32.3 Å². The van der Waals surface area contributed by atoms with Crippen LogP contribution in [0.15, 0.2) is 29.5 Å². The molecule has 0 aliphatic rings. The summed E-state index contributed by atoms with van der Waals surface area (Å²) in [4.78, 5) is 18.6. The van der Waals surface area contributed by atoms with Gasteiger partial charge < -0.3 is 14.2 Å². The highest BCUT2D eigenvalue weighted by Crippen LogP contribution is 2.33. The summed E-state index contributed by atoms with van der Waals surface area (Å²) in [6.45, 7) is 3.63. The Balaban J connectivity index is 2.14. The Labute approximate surface area is 140 Å². The summed E-state index contributed by atoms with van der Waals surface area (Å²) in [5.74, 6) is 0.757. The van der Waals surface area contributed by atoms with Crippen molar-refractivity contribution < 1.29 is 4.74 Å². The van der Waals surface area contributed by atoms with Crippen molar-refractivity contribution in [3.63, 3.8) is 0 Å². The van der Waals surface area contributed by atoms with Crippen molar-refractivity contribution in [1.82, 2.24) is 18.7 Å². The molecule has 7 nitrogen and oxygen atoms in total. The molecule has 0 saturated heterocycles. The lowest BCUT2D eigenvalue weighted by atomic mass is 10.2. The van der Waals surface area contributed by atoms with Gasteiger partial charge in [-0.15, -0.1) is 0 Å². The predicted octanol–water partition coefficient (Wildman–Crippen LogP) is 1.65. The van der Waals surface area contributed by atoms with E-state index in [1.165, 1.54) is 0 Å². The van der Waals surface area contributed by atoms with E-state index in [1.54, 1.807) is 36.7 Å². The van der Waals surface area contributed by atoms with Crippen molar-refractivity contribution in [1.29, 1.82) is 0 Å². The van der Waals surface area contributed by atoms with Crippen molar-refractivity contribution in [2.24, 2.45) is 21.1 Å². The van der Waals surface area contributed by atoms with Gasteiger partial charge in [0.15, 0.2) is 0 Å². The molecular formula is C17H23N5O2. The zero-order valence-corrected chi connectivity index (χ0v) is 14.8. The van der Waals surface area contributed by atoms with E-state index in [2.05, 4.69) is 16.8 Å². The van der Waals surface area contributed by atoms with Crippen molar-refractivity contribution in [3.05, 3.63) is 40.8 Å². The molecule has 0 atom stereocenters. The Kier molecular flexibility index (Phi) is 4.09. The van der Waals surface area contributed by atoms with Gasteiger partial charge >= 0.3 is 5.69 Å².